The number of aryl methyl sites for hydroxylation is 1. The van der Waals surface area contributed by atoms with Crippen LogP contribution in [0, 0.1) is 18.7 Å². The number of nitrogens with zero attached hydrogens (tertiary/aromatic N) is 1. The van der Waals surface area contributed by atoms with Gasteiger partial charge in [0.15, 0.2) is 0 Å². The average molecular weight is 431 g/mol. The Kier molecular flexibility index (Phi) is 7.37. The third kappa shape index (κ3) is 5.14. The summed E-state index contributed by atoms with van der Waals surface area (Å²) in [5.41, 5.74) is 1.77. The zero-order valence-corrected chi connectivity index (χ0v) is 18.1. The molecule has 0 bridgehead atoms. The molecule has 1 aliphatic heterocycles. The van der Waals surface area contributed by atoms with Crippen LogP contribution in [0.2, 0.25) is 0 Å². The van der Waals surface area contributed by atoms with Crippen molar-refractivity contribution in [1.29, 1.82) is 0 Å². The van der Waals surface area contributed by atoms with Crippen LogP contribution in [0.5, 0.6) is 0 Å². The van der Waals surface area contributed by atoms with Crippen molar-refractivity contribution in [1.82, 2.24) is 10.2 Å². The van der Waals surface area contributed by atoms with Crippen molar-refractivity contribution in [3.8, 4) is 0 Å². The van der Waals surface area contributed by atoms with Gasteiger partial charge in [0, 0.05) is 31.3 Å². The molecule has 7 heteroatoms. The number of rotatable bonds is 6. The third-order valence-electron chi connectivity index (χ3n) is 5.48. The Bertz CT molecular complexity index is 955. The minimum atomic E-state index is -1.20. The molecule has 1 atom stereocenters. The van der Waals surface area contributed by atoms with E-state index in [-0.39, 0.29) is 30.1 Å². The summed E-state index contributed by atoms with van der Waals surface area (Å²) in [5, 5.41) is 2.87. The van der Waals surface area contributed by atoms with Gasteiger partial charge in [-0.05, 0) is 49.1 Å². The first-order chi connectivity index (χ1) is 14.4. The highest BCUT2D eigenvalue weighted by Gasteiger charge is 2.29. The first-order valence-corrected chi connectivity index (χ1v) is 11.5. The molecule has 1 heterocycles. The van der Waals surface area contributed by atoms with Gasteiger partial charge in [-0.2, -0.15) is 0 Å². The van der Waals surface area contributed by atoms with Gasteiger partial charge in [-0.15, -0.1) is 0 Å². The predicted molar refractivity (Wildman–Crippen MR) is 115 cm³/mol. The number of likely N-dealkylation sites (tertiary alicyclic amines) is 1. The van der Waals surface area contributed by atoms with Gasteiger partial charge < -0.3 is 10.2 Å². The lowest BCUT2D eigenvalue weighted by atomic mass is 9.95. The topological polar surface area (TPSA) is 66.5 Å². The fourth-order valence-corrected chi connectivity index (χ4v) is 4.53. The van der Waals surface area contributed by atoms with E-state index in [1.165, 1.54) is 6.07 Å². The minimum absolute atomic E-state index is 0.0735. The summed E-state index contributed by atoms with van der Waals surface area (Å²) in [5.74, 6) is -0.212. The van der Waals surface area contributed by atoms with Crippen molar-refractivity contribution in [2.45, 2.75) is 38.1 Å². The standard InChI is InChI=1S/C23H27FN2O3S/c1-3-30(29)21-7-5-4-6-19(21)23(28)26-12-10-18(11-13-26)22(27)25-15-17-9-8-16(2)20(24)14-17/h4-9,14,18H,3,10-13,15H2,1-2H3,(H,25,27). The molecule has 5 nitrogen and oxygen atoms in total. The molecule has 3 rings (SSSR count). The molecule has 1 unspecified atom stereocenters. The van der Waals surface area contributed by atoms with E-state index in [0.717, 1.165) is 5.56 Å². The van der Waals surface area contributed by atoms with Gasteiger partial charge >= 0.3 is 0 Å². The van der Waals surface area contributed by atoms with Crippen LogP contribution in [-0.2, 0) is 22.1 Å². The van der Waals surface area contributed by atoms with Crippen LogP contribution >= 0.6 is 0 Å². The molecule has 0 radical (unpaired) electrons. The summed E-state index contributed by atoms with van der Waals surface area (Å²) < 4.78 is 25.9. The van der Waals surface area contributed by atoms with Gasteiger partial charge in [0.05, 0.1) is 21.3 Å². The summed E-state index contributed by atoms with van der Waals surface area (Å²) in [6.07, 6.45) is 1.14. The maximum atomic E-state index is 13.6. The quantitative estimate of drug-likeness (QED) is 0.764. The SMILES string of the molecule is CCS(=O)c1ccccc1C(=O)N1CCC(C(=O)NCc2ccc(C)c(F)c2)CC1. The van der Waals surface area contributed by atoms with E-state index in [1.807, 2.05) is 6.92 Å². The molecule has 1 fully saturated rings. The van der Waals surface area contributed by atoms with E-state index in [0.29, 0.717) is 47.7 Å². The highest BCUT2D eigenvalue weighted by molar-refractivity contribution is 7.85. The van der Waals surface area contributed by atoms with Crippen molar-refractivity contribution < 1.29 is 18.2 Å². The Morgan fingerprint density at radius 1 is 1.17 bits per heavy atom. The number of piperidine rings is 1. The van der Waals surface area contributed by atoms with Gasteiger partial charge in [0.2, 0.25) is 5.91 Å². The molecular formula is C23H27FN2O3S. The number of nitrogens with one attached hydrogen (secondary N) is 1. The molecule has 0 aromatic heterocycles. The van der Waals surface area contributed by atoms with E-state index in [2.05, 4.69) is 5.32 Å². The molecule has 2 aromatic carbocycles. The molecular weight excluding hydrogens is 403 g/mol. The molecule has 1 saturated heterocycles. The van der Waals surface area contributed by atoms with Gasteiger partial charge in [-0.3, -0.25) is 13.8 Å². The number of carbonyl (C=O) groups is 2. The molecule has 2 aromatic rings. The normalized spacial score (nSPS) is 15.6. The Morgan fingerprint density at radius 3 is 2.53 bits per heavy atom. The van der Waals surface area contributed by atoms with Crippen LogP contribution in [0.3, 0.4) is 0 Å². The Hall–Kier alpha value is -2.54. The first kappa shape index (κ1) is 22.2. The van der Waals surface area contributed by atoms with Crippen LogP contribution in [0.25, 0.3) is 0 Å². The number of hydrogen-bond donors (Lipinski definition) is 1. The molecule has 0 saturated carbocycles. The molecule has 1 N–H and O–H groups in total. The Labute approximate surface area is 179 Å². The zero-order valence-electron chi connectivity index (χ0n) is 17.3. The summed E-state index contributed by atoms with van der Waals surface area (Å²) in [4.78, 5) is 27.7. The number of hydrogen-bond acceptors (Lipinski definition) is 3. The van der Waals surface area contributed by atoms with Gasteiger partial charge in [-0.1, -0.05) is 31.2 Å². The second kappa shape index (κ2) is 9.98. The molecule has 160 valence electrons. The van der Waals surface area contributed by atoms with E-state index < -0.39 is 10.8 Å². The van der Waals surface area contributed by atoms with Gasteiger partial charge in [0.25, 0.3) is 5.91 Å². The van der Waals surface area contributed by atoms with Crippen LogP contribution in [0.4, 0.5) is 4.39 Å². The van der Waals surface area contributed by atoms with Crippen LogP contribution < -0.4 is 5.32 Å². The number of benzene rings is 2. The first-order valence-electron chi connectivity index (χ1n) is 10.2. The second-order valence-corrected chi connectivity index (χ2v) is 9.21. The zero-order chi connectivity index (χ0) is 21.7. The lowest BCUT2D eigenvalue weighted by molar-refractivity contribution is -0.126. The lowest BCUT2D eigenvalue weighted by Gasteiger charge is -2.31. The smallest absolute Gasteiger partial charge is 0.255 e. The fraction of sp³-hybridized carbons (Fsp3) is 0.391. The van der Waals surface area contributed by atoms with Crippen molar-refractivity contribution >= 4 is 22.6 Å². The lowest BCUT2D eigenvalue weighted by Crippen LogP contribution is -2.43. The molecule has 1 aliphatic rings. The van der Waals surface area contributed by atoms with E-state index in [9.17, 15) is 18.2 Å². The maximum absolute atomic E-state index is 13.6. The average Bonchev–Trinajstić information content (AvgIpc) is 2.78. The second-order valence-electron chi connectivity index (χ2n) is 7.50. The Balaban J connectivity index is 1.55. The predicted octanol–water partition coefficient (Wildman–Crippen LogP) is 3.43. The number of halogens is 1. The maximum Gasteiger partial charge on any atom is 0.255 e. The van der Waals surface area contributed by atoms with E-state index in [1.54, 1.807) is 48.2 Å². The van der Waals surface area contributed by atoms with Crippen molar-refractivity contribution in [3.63, 3.8) is 0 Å². The summed E-state index contributed by atoms with van der Waals surface area (Å²) in [7, 11) is -1.20. The largest absolute Gasteiger partial charge is 0.352 e. The fourth-order valence-electron chi connectivity index (χ4n) is 3.59. The van der Waals surface area contributed by atoms with E-state index >= 15 is 0 Å². The summed E-state index contributed by atoms with van der Waals surface area (Å²) >= 11 is 0. The van der Waals surface area contributed by atoms with Crippen LogP contribution in [-0.4, -0.2) is 39.8 Å². The summed E-state index contributed by atoms with van der Waals surface area (Å²) in [6, 6.07) is 12.0. The Morgan fingerprint density at radius 2 is 1.87 bits per heavy atom. The molecule has 30 heavy (non-hydrogen) atoms. The number of amides is 2. The van der Waals surface area contributed by atoms with Crippen LogP contribution in [0.1, 0.15) is 41.3 Å². The van der Waals surface area contributed by atoms with Crippen molar-refractivity contribution in [2.24, 2.45) is 5.92 Å². The van der Waals surface area contributed by atoms with Gasteiger partial charge in [0.1, 0.15) is 5.82 Å². The third-order valence-corrected chi connectivity index (χ3v) is 6.85. The minimum Gasteiger partial charge on any atom is -0.352 e. The van der Waals surface area contributed by atoms with Crippen LogP contribution in [0.15, 0.2) is 47.4 Å². The summed E-state index contributed by atoms with van der Waals surface area (Å²) in [6.45, 7) is 4.76. The highest BCUT2D eigenvalue weighted by atomic mass is 32.2. The van der Waals surface area contributed by atoms with E-state index in [4.69, 9.17) is 0 Å². The monoisotopic (exact) mass is 430 g/mol. The number of carbonyl (C=O) groups excluding carboxylic acids is 2. The van der Waals surface area contributed by atoms with Crippen molar-refractivity contribution in [2.75, 3.05) is 18.8 Å². The molecule has 2 amide bonds. The molecule has 0 spiro atoms. The van der Waals surface area contributed by atoms with Crippen molar-refractivity contribution in [3.05, 3.63) is 65.0 Å². The van der Waals surface area contributed by atoms with Gasteiger partial charge in [-0.25, -0.2) is 4.39 Å². The molecule has 0 aliphatic carbocycles. The highest BCUT2D eigenvalue weighted by Crippen LogP contribution is 2.22.